The molecule has 1 atom stereocenters. The molecule has 0 radical (unpaired) electrons. The van der Waals surface area contributed by atoms with Gasteiger partial charge in [0.1, 0.15) is 6.61 Å². The van der Waals surface area contributed by atoms with Crippen LogP contribution in [-0.4, -0.2) is 79.3 Å². The van der Waals surface area contributed by atoms with Crippen molar-refractivity contribution in [3.8, 4) is 0 Å². The van der Waals surface area contributed by atoms with Crippen LogP contribution in [0, 0.1) is 5.41 Å². The number of esters is 1. The molecule has 0 fully saturated rings. The number of carboxylic acids is 1. The zero-order chi connectivity index (χ0) is 21.3. The van der Waals surface area contributed by atoms with E-state index >= 15 is 0 Å². The average molecular weight is 413 g/mol. The lowest BCUT2D eigenvalue weighted by molar-refractivity contribution is -0.181. The van der Waals surface area contributed by atoms with E-state index in [1.807, 2.05) is 0 Å². The third-order valence-corrected chi connectivity index (χ3v) is 5.14. The van der Waals surface area contributed by atoms with E-state index in [0.29, 0.717) is 0 Å². The number of carboxylic acid groups (broad SMARTS) is 1. The van der Waals surface area contributed by atoms with Gasteiger partial charge in [-0.1, -0.05) is 13.8 Å². The first-order valence-electron chi connectivity index (χ1n) is 8.11. The van der Waals surface area contributed by atoms with Crippen molar-refractivity contribution in [3.63, 3.8) is 0 Å². The minimum absolute atomic E-state index is 0.0999. The molecule has 0 aromatic carbocycles. The number of hydrogen-bond donors (Lipinski definition) is 4. The Morgan fingerprint density at radius 2 is 1.78 bits per heavy atom. The maximum Gasteiger partial charge on any atom is 0.336 e. The fourth-order valence-electron chi connectivity index (χ4n) is 2.02. The number of aliphatic hydroxyl groups excluding tert-OH is 1. The largest absolute Gasteiger partial charge is 0.479 e. The maximum atomic E-state index is 11.9. The number of carbonyl (C=O) groups excluding carboxylic acids is 2. The van der Waals surface area contributed by atoms with Crippen molar-refractivity contribution in [1.82, 2.24) is 5.32 Å². The normalized spacial score (nSPS) is 14.3. The summed E-state index contributed by atoms with van der Waals surface area (Å²) in [6.45, 7) is 1.99. The van der Waals surface area contributed by atoms with E-state index in [4.69, 9.17) is 9.29 Å². The summed E-state index contributed by atoms with van der Waals surface area (Å²) in [6.07, 6.45) is -0.435. The Hall–Kier alpha value is -1.76. The third-order valence-electron chi connectivity index (χ3n) is 3.87. The van der Waals surface area contributed by atoms with Crippen LogP contribution in [-0.2, 0) is 33.4 Å². The molecule has 27 heavy (non-hydrogen) atoms. The molecule has 0 saturated heterocycles. The molecule has 0 saturated carbocycles. The average Bonchev–Trinajstić information content (AvgIpc) is 2.56. The summed E-state index contributed by atoms with van der Waals surface area (Å²) >= 11 is 0. The van der Waals surface area contributed by atoms with Crippen LogP contribution < -0.4 is 5.32 Å². The van der Waals surface area contributed by atoms with E-state index in [2.05, 4.69) is 10.1 Å². The molecular weight excluding hydrogens is 386 g/mol. The maximum absolute atomic E-state index is 11.9. The number of nitrogens with one attached hydrogen (secondary N) is 1. The van der Waals surface area contributed by atoms with Gasteiger partial charge in [0.25, 0.3) is 10.1 Å². The van der Waals surface area contributed by atoms with Gasteiger partial charge in [-0.15, -0.1) is 0 Å². The molecule has 158 valence electrons. The van der Waals surface area contributed by atoms with Crippen molar-refractivity contribution in [3.05, 3.63) is 0 Å². The first kappa shape index (κ1) is 25.2. The van der Waals surface area contributed by atoms with Gasteiger partial charge >= 0.3 is 11.9 Å². The lowest BCUT2D eigenvalue weighted by atomic mass is 9.73. The lowest BCUT2D eigenvalue weighted by Gasteiger charge is -2.38. The number of amides is 1. The molecule has 0 aromatic heterocycles. The molecule has 0 rings (SSSR count). The van der Waals surface area contributed by atoms with Crippen molar-refractivity contribution >= 4 is 28.0 Å². The first-order chi connectivity index (χ1) is 12.3. The second kappa shape index (κ2) is 10.5. The molecule has 12 heteroatoms. The van der Waals surface area contributed by atoms with Crippen LogP contribution in [0.2, 0.25) is 0 Å². The molecule has 11 nitrogen and oxygen atoms in total. The van der Waals surface area contributed by atoms with Crippen LogP contribution in [0.15, 0.2) is 0 Å². The van der Waals surface area contributed by atoms with Crippen molar-refractivity contribution in [2.24, 2.45) is 5.41 Å². The Labute approximate surface area is 157 Å². The molecule has 4 N–H and O–H groups in total. The Morgan fingerprint density at radius 1 is 1.19 bits per heavy atom. The highest BCUT2D eigenvalue weighted by Crippen LogP contribution is 2.35. The highest BCUT2D eigenvalue weighted by Gasteiger charge is 2.50. The van der Waals surface area contributed by atoms with Crippen molar-refractivity contribution in [2.45, 2.75) is 39.2 Å². The number of aliphatic carboxylic acids is 1. The molecule has 0 aromatic rings. The number of carbonyl (C=O) groups is 3. The topological polar surface area (TPSA) is 177 Å². The minimum Gasteiger partial charge on any atom is -0.479 e. The highest BCUT2D eigenvalue weighted by atomic mass is 32.2. The molecule has 0 aliphatic carbocycles. The summed E-state index contributed by atoms with van der Waals surface area (Å²) < 4.78 is 33.2. The number of rotatable bonds is 13. The highest BCUT2D eigenvalue weighted by molar-refractivity contribution is 7.86. The predicted octanol–water partition coefficient (Wildman–Crippen LogP) is -1.37. The van der Waals surface area contributed by atoms with E-state index in [9.17, 15) is 33.0 Å². The molecule has 0 heterocycles. The van der Waals surface area contributed by atoms with Gasteiger partial charge < -0.3 is 25.4 Å². The molecular formula is C15H27NO10S. The number of ether oxygens (including phenoxy) is 1. The molecule has 0 aliphatic rings. The van der Waals surface area contributed by atoms with Crippen LogP contribution in [0.5, 0.6) is 0 Å². The third kappa shape index (κ3) is 8.65. The van der Waals surface area contributed by atoms with Gasteiger partial charge in [0, 0.05) is 25.3 Å². The fourth-order valence-corrected chi connectivity index (χ4v) is 3.11. The van der Waals surface area contributed by atoms with E-state index < -0.39 is 65.1 Å². The summed E-state index contributed by atoms with van der Waals surface area (Å²) in [5.74, 6) is -3.33. The Kier molecular flexibility index (Phi) is 9.86. The van der Waals surface area contributed by atoms with Gasteiger partial charge in [0.15, 0.2) is 5.60 Å². The SMILES string of the molecule is CC(=O)NCCCS(=O)(=O)OCC(C)(C)[C@](O)(CCOC(=O)CO)C(=O)O. The van der Waals surface area contributed by atoms with E-state index in [-0.39, 0.29) is 18.9 Å². The first-order valence-corrected chi connectivity index (χ1v) is 9.69. The zero-order valence-corrected chi connectivity index (χ0v) is 16.4. The number of aliphatic hydroxyl groups is 2. The molecule has 0 unspecified atom stereocenters. The molecule has 1 amide bonds. The van der Waals surface area contributed by atoms with Crippen LogP contribution in [0.3, 0.4) is 0 Å². The molecule has 0 aliphatic heterocycles. The van der Waals surface area contributed by atoms with Gasteiger partial charge in [0.2, 0.25) is 5.91 Å². The summed E-state index contributed by atoms with van der Waals surface area (Å²) in [6, 6.07) is 0. The van der Waals surface area contributed by atoms with E-state index in [1.165, 1.54) is 20.8 Å². The van der Waals surface area contributed by atoms with Crippen molar-refractivity contribution in [1.29, 1.82) is 0 Å². The fraction of sp³-hybridized carbons (Fsp3) is 0.800. The summed E-state index contributed by atoms with van der Waals surface area (Å²) in [5, 5.41) is 30.9. The smallest absolute Gasteiger partial charge is 0.336 e. The Morgan fingerprint density at radius 3 is 2.26 bits per heavy atom. The lowest BCUT2D eigenvalue weighted by Crippen LogP contribution is -2.54. The van der Waals surface area contributed by atoms with Crippen LogP contribution in [0.1, 0.15) is 33.6 Å². The summed E-state index contributed by atoms with van der Waals surface area (Å²) in [5.41, 5.74) is -4.01. The minimum atomic E-state index is -4.01. The molecule has 0 bridgehead atoms. The monoisotopic (exact) mass is 413 g/mol. The second-order valence-corrected chi connectivity index (χ2v) is 8.30. The predicted molar refractivity (Wildman–Crippen MR) is 92.1 cm³/mol. The Bertz CT molecular complexity index is 631. The van der Waals surface area contributed by atoms with Gasteiger partial charge in [-0.2, -0.15) is 8.42 Å². The standard InChI is InChI=1S/C15H27NO10S/c1-11(18)16-6-4-8-27(23,24)26-10-14(2,3)15(22,13(20)21)5-7-25-12(19)9-17/h17,22H,4-10H2,1-3H3,(H,16,18)(H,20,21)/t15-/m0/s1. The van der Waals surface area contributed by atoms with E-state index in [0.717, 1.165) is 0 Å². The van der Waals surface area contributed by atoms with Crippen LogP contribution in [0.25, 0.3) is 0 Å². The Balaban J connectivity index is 4.87. The van der Waals surface area contributed by atoms with Crippen molar-refractivity contribution < 1.29 is 47.0 Å². The van der Waals surface area contributed by atoms with Gasteiger partial charge in [-0.25, -0.2) is 9.59 Å². The van der Waals surface area contributed by atoms with Gasteiger partial charge in [-0.05, 0) is 6.42 Å². The molecule has 0 spiro atoms. The van der Waals surface area contributed by atoms with Crippen molar-refractivity contribution in [2.75, 3.05) is 32.1 Å². The zero-order valence-electron chi connectivity index (χ0n) is 15.6. The summed E-state index contributed by atoms with van der Waals surface area (Å²) in [7, 11) is -4.01. The second-order valence-electron chi connectivity index (χ2n) is 6.54. The quantitative estimate of drug-likeness (QED) is 0.160. The van der Waals surface area contributed by atoms with Crippen LogP contribution in [0.4, 0.5) is 0 Å². The van der Waals surface area contributed by atoms with E-state index in [1.54, 1.807) is 0 Å². The van der Waals surface area contributed by atoms with Gasteiger partial charge in [-0.3, -0.25) is 8.98 Å². The number of hydrogen-bond acceptors (Lipinski definition) is 9. The van der Waals surface area contributed by atoms with Gasteiger partial charge in [0.05, 0.1) is 19.0 Å². The summed E-state index contributed by atoms with van der Waals surface area (Å²) in [4.78, 5) is 33.2. The van der Waals surface area contributed by atoms with Crippen LogP contribution >= 0.6 is 0 Å².